The van der Waals surface area contributed by atoms with Crippen molar-refractivity contribution in [2.24, 2.45) is 0 Å². The molecule has 0 fully saturated rings. The van der Waals surface area contributed by atoms with E-state index >= 15 is 0 Å². The molecule has 0 unspecified atom stereocenters. The summed E-state index contributed by atoms with van der Waals surface area (Å²) in [4.78, 5) is 13.5. The lowest BCUT2D eigenvalue weighted by molar-refractivity contribution is -0.111. The van der Waals surface area contributed by atoms with Gasteiger partial charge in [-0.3, -0.25) is 4.79 Å². The standard InChI is InChI=1S/C19H16Cl2N2OS/c20-13-8-6-12(16(21)10-13)7-9-18(24)23-19-15(11-22)14-4-2-1-3-5-17(14)25-19/h6-10H,1-5H2,(H,23,24). The summed E-state index contributed by atoms with van der Waals surface area (Å²) in [7, 11) is 0. The summed E-state index contributed by atoms with van der Waals surface area (Å²) in [6, 6.07) is 7.36. The van der Waals surface area contributed by atoms with Crippen LogP contribution in [-0.4, -0.2) is 5.91 Å². The quantitative estimate of drug-likeness (QED) is 0.527. The smallest absolute Gasteiger partial charge is 0.249 e. The van der Waals surface area contributed by atoms with Crippen molar-refractivity contribution >= 4 is 51.5 Å². The Hall–Kier alpha value is -1.80. The molecule has 3 nitrogen and oxygen atoms in total. The number of nitrogens with one attached hydrogen (secondary N) is 1. The highest BCUT2D eigenvalue weighted by atomic mass is 35.5. The van der Waals surface area contributed by atoms with Crippen molar-refractivity contribution in [3.8, 4) is 6.07 Å². The highest BCUT2D eigenvalue weighted by Gasteiger charge is 2.20. The minimum absolute atomic E-state index is 0.279. The molecule has 0 atom stereocenters. The normalized spacial score (nSPS) is 14.0. The van der Waals surface area contributed by atoms with Crippen molar-refractivity contribution in [2.45, 2.75) is 32.1 Å². The lowest BCUT2D eigenvalue weighted by atomic mass is 10.1. The van der Waals surface area contributed by atoms with Crippen LogP contribution in [0.2, 0.25) is 10.0 Å². The molecule has 3 rings (SSSR count). The van der Waals surface area contributed by atoms with Crippen molar-refractivity contribution < 1.29 is 4.79 Å². The number of aryl methyl sites for hydroxylation is 1. The van der Waals surface area contributed by atoms with Crippen LogP contribution in [0.1, 0.15) is 40.8 Å². The van der Waals surface area contributed by atoms with Gasteiger partial charge in [0.2, 0.25) is 5.91 Å². The first kappa shape index (κ1) is 18.0. The van der Waals surface area contributed by atoms with Gasteiger partial charge in [0.05, 0.1) is 5.56 Å². The fourth-order valence-electron chi connectivity index (χ4n) is 2.90. The summed E-state index contributed by atoms with van der Waals surface area (Å²) in [6.07, 6.45) is 8.39. The van der Waals surface area contributed by atoms with E-state index in [2.05, 4.69) is 11.4 Å². The Morgan fingerprint density at radius 2 is 2.04 bits per heavy atom. The number of carbonyl (C=O) groups excluding carboxylic acids is 1. The summed E-state index contributed by atoms with van der Waals surface area (Å²) in [5.74, 6) is -0.279. The topological polar surface area (TPSA) is 52.9 Å². The summed E-state index contributed by atoms with van der Waals surface area (Å²) < 4.78 is 0. The molecular formula is C19H16Cl2N2OS. The lowest BCUT2D eigenvalue weighted by Gasteiger charge is -2.01. The summed E-state index contributed by atoms with van der Waals surface area (Å²) in [5, 5.41) is 14.0. The molecule has 0 bridgehead atoms. The second kappa shape index (κ2) is 8.05. The highest BCUT2D eigenvalue weighted by molar-refractivity contribution is 7.16. The summed E-state index contributed by atoms with van der Waals surface area (Å²) in [6.45, 7) is 0. The van der Waals surface area contributed by atoms with Gasteiger partial charge in [-0.05, 0) is 55.0 Å². The first-order valence-corrected chi connectivity index (χ1v) is 9.64. The Kier molecular flexibility index (Phi) is 5.80. The minimum atomic E-state index is -0.279. The average molecular weight is 391 g/mol. The number of nitrogens with zero attached hydrogens (tertiary/aromatic N) is 1. The Morgan fingerprint density at radius 1 is 1.24 bits per heavy atom. The molecule has 2 aromatic rings. The van der Waals surface area contributed by atoms with E-state index in [1.807, 2.05) is 0 Å². The molecule has 1 N–H and O–H groups in total. The molecule has 0 saturated carbocycles. The molecule has 1 heterocycles. The van der Waals surface area contributed by atoms with Crippen molar-refractivity contribution in [1.82, 2.24) is 0 Å². The van der Waals surface area contributed by atoms with Crippen molar-refractivity contribution in [3.05, 3.63) is 55.9 Å². The van der Waals surface area contributed by atoms with Gasteiger partial charge in [0.25, 0.3) is 0 Å². The molecule has 0 radical (unpaired) electrons. The number of rotatable bonds is 3. The van der Waals surface area contributed by atoms with E-state index in [1.54, 1.807) is 24.3 Å². The minimum Gasteiger partial charge on any atom is -0.313 e. The third-order valence-corrected chi connectivity index (χ3v) is 5.92. The lowest BCUT2D eigenvalue weighted by Crippen LogP contribution is -2.07. The van der Waals surface area contributed by atoms with Gasteiger partial charge in [-0.2, -0.15) is 5.26 Å². The van der Waals surface area contributed by atoms with Gasteiger partial charge in [0.1, 0.15) is 11.1 Å². The first-order chi connectivity index (χ1) is 12.1. The Bertz CT molecular complexity index is 880. The predicted molar refractivity (Wildman–Crippen MR) is 104 cm³/mol. The molecule has 0 saturated heterocycles. The number of carbonyl (C=O) groups is 1. The van der Waals surface area contributed by atoms with Gasteiger partial charge >= 0.3 is 0 Å². The SMILES string of the molecule is N#Cc1c(NC(=O)C=Cc2ccc(Cl)cc2Cl)sc2c1CCCCC2. The zero-order chi connectivity index (χ0) is 17.8. The summed E-state index contributed by atoms with van der Waals surface area (Å²) >= 11 is 13.5. The Morgan fingerprint density at radius 3 is 2.80 bits per heavy atom. The Labute approximate surface area is 160 Å². The third-order valence-electron chi connectivity index (χ3n) is 4.15. The van der Waals surface area contributed by atoms with Gasteiger partial charge in [-0.25, -0.2) is 0 Å². The van der Waals surface area contributed by atoms with Crippen LogP contribution in [-0.2, 0) is 17.6 Å². The number of hydrogen-bond acceptors (Lipinski definition) is 3. The third kappa shape index (κ3) is 4.24. The number of nitriles is 1. The largest absolute Gasteiger partial charge is 0.313 e. The van der Waals surface area contributed by atoms with E-state index in [0.29, 0.717) is 26.2 Å². The average Bonchev–Trinajstić information content (AvgIpc) is 2.74. The van der Waals surface area contributed by atoms with Crippen molar-refractivity contribution in [2.75, 3.05) is 5.32 Å². The van der Waals surface area contributed by atoms with E-state index < -0.39 is 0 Å². The Balaban J connectivity index is 1.77. The number of anilines is 1. The zero-order valence-electron chi connectivity index (χ0n) is 13.4. The molecule has 6 heteroatoms. The van der Waals surface area contributed by atoms with Gasteiger partial charge in [0.15, 0.2) is 0 Å². The highest BCUT2D eigenvalue weighted by Crippen LogP contribution is 2.37. The van der Waals surface area contributed by atoms with Crippen LogP contribution in [0.4, 0.5) is 5.00 Å². The number of fused-ring (bicyclic) bond motifs is 1. The van der Waals surface area contributed by atoms with Crippen LogP contribution >= 0.6 is 34.5 Å². The second-order valence-electron chi connectivity index (χ2n) is 5.87. The van der Waals surface area contributed by atoms with E-state index in [9.17, 15) is 10.1 Å². The number of halogens is 2. The van der Waals surface area contributed by atoms with Gasteiger partial charge in [0, 0.05) is 21.0 Å². The molecule has 1 aromatic carbocycles. The monoisotopic (exact) mass is 390 g/mol. The number of hydrogen-bond donors (Lipinski definition) is 1. The van der Waals surface area contributed by atoms with Crippen molar-refractivity contribution in [1.29, 1.82) is 5.26 Å². The number of thiophene rings is 1. The van der Waals surface area contributed by atoms with Gasteiger partial charge < -0.3 is 5.32 Å². The van der Waals surface area contributed by atoms with E-state index in [-0.39, 0.29) is 5.91 Å². The molecule has 128 valence electrons. The number of amides is 1. The molecular weight excluding hydrogens is 375 g/mol. The van der Waals surface area contributed by atoms with Crippen molar-refractivity contribution in [3.63, 3.8) is 0 Å². The maximum atomic E-state index is 12.2. The predicted octanol–water partition coefficient (Wildman–Crippen LogP) is 5.85. The molecule has 1 aliphatic rings. The molecule has 25 heavy (non-hydrogen) atoms. The van der Waals surface area contributed by atoms with Crippen LogP contribution in [0, 0.1) is 11.3 Å². The fraction of sp³-hybridized carbons (Fsp3) is 0.263. The van der Waals surface area contributed by atoms with E-state index in [0.717, 1.165) is 31.2 Å². The van der Waals surface area contributed by atoms with Crippen LogP contribution in [0.5, 0.6) is 0 Å². The molecule has 1 amide bonds. The van der Waals surface area contributed by atoms with Gasteiger partial charge in [-0.1, -0.05) is 35.7 Å². The first-order valence-electron chi connectivity index (χ1n) is 8.07. The fourth-order valence-corrected chi connectivity index (χ4v) is 4.62. The number of benzene rings is 1. The summed E-state index contributed by atoms with van der Waals surface area (Å²) in [5.41, 5.74) is 2.45. The van der Waals surface area contributed by atoms with Crippen LogP contribution in [0.15, 0.2) is 24.3 Å². The maximum Gasteiger partial charge on any atom is 0.249 e. The van der Waals surface area contributed by atoms with E-state index in [1.165, 1.54) is 28.7 Å². The molecule has 0 spiro atoms. The molecule has 0 aliphatic heterocycles. The van der Waals surface area contributed by atoms with E-state index in [4.69, 9.17) is 23.2 Å². The maximum absolute atomic E-state index is 12.2. The second-order valence-corrected chi connectivity index (χ2v) is 7.82. The van der Waals surface area contributed by atoms with Crippen LogP contribution in [0.25, 0.3) is 6.08 Å². The van der Waals surface area contributed by atoms with Crippen LogP contribution in [0.3, 0.4) is 0 Å². The molecule has 1 aliphatic carbocycles. The zero-order valence-corrected chi connectivity index (χ0v) is 15.8. The van der Waals surface area contributed by atoms with Crippen LogP contribution < -0.4 is 5.32 Å². The molecule has 1 aromatic heterocycles. The van der Waals surface area contributed by atoms with Gasteiger partial charge in [-0.15, -0.1) is 11.3 Å².